The smallest absolute Gasteiger partial charge is 0.321 e. The SMILES string of the molecule is CCCN(CC(=O)OC)S(=O)(=O)c1cc(F)ccc1C. The van der Waals surface area contributed by atoms with Crippen LogP contribution in [-0.4, -0.2) is 38.9 Å². The number of aryl methyl sites for hydroxylation is 1. The molecule has 5 nitrogen and oxygen atoms in total. The maximum absolute atomic E-state index is 13.3. The lowest BCUT2D eigenvalue weighted by Gasteiger charge is -2.21. The molecular weight excluding hydrogens is 285 g/mol. The van der Waals surface area contributed by atoms with Crippen LogP contribution in [0.2, 0.25) is 0 Å². The van der Waals surface area contributed by atoms with Gasteiger partial charge >= 0.3 is 5.97 Å². The maximum atomic E-state index is 13.3. The number of ether oxygens (including phenoxy) is 1. The first kappa shape index (κ1) is 16.6. The van der Waals surface area contributed by atoms with Crippen LogP contribution in [-0.2, 0) is 19.6 Å². The van der Waals surface area contributed by atoms with Crippen LogP contribution >= 0.6 is 0 Å². The molecule has 0 saturated carbocycles. The predicted octanol–water partition coefficient (Wildman–Crippen LogP) is 1.71. The summed E-state index contributed by atoms with van der Waals surface area (Å²) < 4.78 is 43.8. The summed E-state index contributed by atoms with van der Waals surface area (Å²) in [7, 11) is -2.74. The third-order valence-electron chi connectivity index (χ3n) is 2.77. The molecule has 0 spiro atoms. The quantitative estimate of drug-likeness (QED) is 0.751. The highest BCUT2D eigenvalue weighted by atomic mass is 32.2. The van der Waals surface area contributed by atoms with E-state index >= 15 is 0 Å². The van der Waals surface area contributed by atoms with E-state index in [4.69, 9.17) is 0 Å². The summed E-state index contributed by atoms with van der Waals surface area (Å²) in [6, 6.07) is 3.55. The van der Waals surface area contributed by atoms with Crippen molar-refractivity contribution in [1.29, 1.82) is 0 Å². The number of halogens is 1. The van der Waals surface area contributed by atoms with Crippen molar-refractivity contribution in [1.82, 2.24) is 4.31 Å². The number of methoxy groups -OCH3 is 1. The number of esters is 1. The molecule has 0 heterocycles. The Kier molecular flexibility index (Phi) is 5.64. The lowest BCUT2D eigenvalue weighted by atomic mass is 10.2. The van der Waals surface area contributed by atoms with Gasteiger partial charge in [0, 0.05) is 6.54 Å². The Balaban J connectivity index is 3.22. The molecule has 1 aromatic carbocycles. The average molecular weight is 303 g/mol. The summed E-state index contributed by atoms with van der Waals surface area (Å²) in [6.45, 7) is 3.14. The second-order valence-electron chi connectivity index (χ2n) is 4.32. The Bertz CT molecular complexity index is 586. The van der Waals surface area contributed by atoms with Crippen LogP contribution in [0.25, 0.3) is 0 Å². The summed E-state index contributed by atoms with van der Waals surface area (Å²) in [6.07, 6.45) is 0.532. The topological polar surface area (TPSA) is 63.7 Å². The molecule has 0 radical (unpaired) electrons. The van der Waals surface area contributed by atoms with Crippen molar-refractivity contribution in [2.75, 3.05) is 20.2 Å². The maximum Gasteiger partial charge on any atom is 0.321 e. The van der Waals surface area contributed by atoms with E-state index in [0.29, 0.717) is 12.0 Å². The molecule has 1 aromatic rings. The van der Waals surface area contributed by atoms with Gasteiger partial charge in [0.05, 0.1) is 12.0 Å². The van der Waals surface area contributed by atoms with Gasteiger partial charge in [-0.1, -0.05) is 13.0 Å². The molecule has 0 bridgehead atoms. The fourth-order valence-corrected chi connectivity index (χ4v) is 3.45. The predicted molar refractivity (Wildman–Crippen MR) is 72.2 cm³/mol. The normalized spacial score (nSPS) is 11.7. The zero-order valence-electron chi connectivity index (χ0n) is 11.7. The Labute approximate surface area is 118 Å². The Morgan fingerprint density at radius 1 is 1.40 bits per heavy atom. The van der Waals surface area contributed by atoms with Crippen LogP contribution in [0.4, 0.5) is 4.39 Å². The van der Waals surface area contributed by atoms with Crippen molar-refractivity contribution >= 4 is 16.0 Å². The van der Waals surface area contributed by atoms with Crippen molar-refractivity contribution < 1.29 is 22.3 Å². The van der Waals surface area contributed by atoms with Gasteiger partial charge in [-0.2, -0.15) is 4.31 Å². The molecule has 0 N–H and O–H groups in total. The van der Waals surface area contributed by atoms with E-state index in [1.54, 1.807) is 13.8 Å². The van der Waals surface area contributed by atoms with Crippen LogP contribution in [0.15, 0.2) is 23.1 Å². The standard InChI is InChI=1S/C13H18FNO4S/c1-4-7-15(9-13(16)19-3)20(17,18)12-8-11(14)6-5-10(12)2/h5-6,8H,4,7,9H2,1-3H3. The molecule has 20 heavy (non-hydrogen) atoms. The molecule has 0 aliphatic rings. The van der Waals surface area contributed by atoms with Gasteiger partial charge in [-0.05, 0) is 31.0 Å². The minimum Gasteiger partial charge on any atom is -0.468 e. The number of hydrogen-bond acceptors (Lipinski definition) is 4. The van der Waals surface area contributed by atoms with Gasteiger partial charge < -0.3 is 4.74 Å². The first-order chi connectivity index (χ1) is 9.32. The van der Waals surface area contributed by atoms with Gasteiger partial charge in [-0.3, -0.25) is 4.79 Å². The Morgan fingerprint density at radius 3 is 2.60 bits per heavy atom. The molecule has 0 fully saturated rings. The van der Waals surface area contributed by atoms with Crippen LogP contribution < -0.4 is 0 Å². The van der Waals surface area contributed by atoms with E-state index in [1.165, 1.54) is 19.2 Å². The lowest BCUT2D eigenvalue weighted by Crippen LogP contribution is -2.37. The molecule has 0 atom stereocenters. The minimum atomic E-state index is -3.93. The third kappa shape index (κ3) is 3.77. The number of sulfonamides is 1. The number of benzene rings is 1. The summed E-state index contributed by atoms with van der Waals surface area (Å²) in [5, 5.41) is 0. The van der Waals surface area contributed by atoms with Gasteiger partial charge in [0.25, 0.3) is 0 Å². The van der Waals surface area contributed by atoms with Gasteiger partial charge in [-0.15, -0.1) is 0 Å². The van der Waals surface area contributed by atoms with Crippen molar-refractivity contribution in [3.63, 3.8) is 0 Å². The molecule has 7 heteroatoms. The van der Waals surface area contributed by atoms with Crippen molar-refractivity contribution in [3.8, 4) is 0 Å². The van der Waals surface area contributed by atoms with Gasteiger partial charge in [-0.25, -0.2) is 12.8 Å². The van der Waals surface area contributed by atoms with E-state index in [2.05, 4.69) is 4.74 Å². The monoisotopic (exact) mass is 303 g/mol. The molecule has 0 aliphatic carbocycles. The van der Waals surface area contributed by atoms with E-state index in [0.717, 1.165) is 10.4 Å². The van der Waals surface area contributed by atoms with Gasteiger partial charge in [0.15, 0.2) is 0 Å². The molecule has 1 rings (SSSR count). The Morgan fingerprint density at radius 2 is 2.05 bits per heavy atom. The summed E-state index contributed by atoms with van der Waals surface area (Å²) in [4.78, 5) is 11.2. The zero-order valence-corrected chi connectivity index (χ0v) is 12.5. The van der Waals surface area contributed by atoms with E-state index < -0.39 is 21.8 Å². The van der Waals surface area contributed by atoms with E-state index in [1.807, 2.05) is 0 Å². The second-order valence-corrected chi connectivity index (χ2v) is 6.23. The first-order valence-electron chi connectivity index (χ1n) is 6.16. The largest absolute Gasteiger partial charge is 0.468 e. The Hall–Kier alpha value is -1.47. The molecule has 112 valence electrons. The first-order valence-corrected chi connectivity index (χ1v) is 7.60. The van der Waals surface area contributed by atoms with Crippen LogP contribution in [0.5, 0.6) is 0 Å². The lowest BCUT2D eigenvalue weighted by molar-refractivity contribution is -0.140. The number of carbonyl (C=O) groups is 1. The molecule has 0 unspecified atom stereocenters. The number of carbonyl (C=O) groups excluding carboxylic acids is 1. The number of rotatable bonds is 6. The number of hydrogen-bond donors (Lipinski definition) is 0. The fraction of sp³-hybridized carbons (Fsp3) is 0.462. The highest BCUT2D eigenvalue weighted by Crippen LogP contribution is 2.21. The molecule has 0 aromatic heterocycles. The van der Waals surface area contributed by atoms with Crippen molar-refractivity contribution in [2.24, 2.45) is 0 Å². The van der Waals surface area contributed by atoms with Gasteiger partial charge in [0.1, 0.15) is 12.4 Å². The van der Waals surface area contributed by atoms with Gasteiger partial charge in [0.2, 0.25) is 10.0 Å². The fourth-order valence-electron chi connectivity index (χ4n) is 1.73. The van der Waals surface area contributed by atoms with Crippen molar-refractivity contribution in [3.05, 3.63) is 29.6 Å². The summed E-state index contributed by atoms with van der Waals surface area (Å²) >= 11 is 0. The summed E-state index contributed by atoms with van der Waals surface area (Å²) in [5.41, 5.74) is 0.428. The zero-order chi connectivity index (χ0) is 15.3. The van der Waals surface area contributed by atoms with E-state index in [-0.39, 0.29) is 18.0 Å². The summed E-state index contributed by atoms with van der Waals surface area (Å²) in [5.74, 6) is -1.29. The highest BCUT2D eigenvalue weighted by Gasteiger charge is 2.28. The second kappa shape index (κ2) is 6.81. The third-order valence-corrected chi connectivity index (χ3v) is 4.76. The highest BCUT2D eigenvalue weighted by molar-refractivity contribution is 7.89. The van der Waals surface area contributed by atoms with Crippen LogP contribution in [0, 0.1) is 12.7 Å². The molecule has 0 aliphatic heterocycles. The molecule has 0 saturated heterocycles. The van der Waals surface area contributed by atoms with Crippen LogP contribution in [0.1, 0.15) is 18.9 Å². The molecular formula is C13H18FNO4S. The molecule has 0 amide bonds. The van der Waals surface area contributed by atoms with Crippen molar-refractivity contribution in [2.45, 2.75) is 25.2 Å². The van der Waals surface area contributed by atoms with E-state index in [9.17, 15) is 17.6 Å². The minimum absolute atomic E-state index is 0.130. The average Bonchev–Trinajstić information content (AvgIpc) is 2.40. The van der Waals surface area contributed by atoms with Crippen LogP contribution in [0.3, 0.4) is 0 Å². The number of nitrogens with zero attached hydrogens (tertiary/aromatic N) is 1.